The number of benzene rings is 1. The van der Waals surface area contributed by atoms with Crippen molar-refractivity contribution < 1.29 is 4.79 Å². The SMILES string of the molecule is Cc1ccc(-n2c(SCC(=O)NC3CCCCC3)nnc2-c2ccccn2)c(C)c1. The molecule has 0 unspecified atom stereocenters. The van der Waals surface area contributed by atoms with Crippen molar-refractivity contribution in [3.63, 3.8) is 0 Å². The number of nitrogens with one attached hydrogen (secondary N) is 1. The molecule has 30 heavy (non-hydrogen) atoms. The van der Waals surface area contributed by atoms with Crippen LogP contribution in [0.1, 0.15) is 43.2 Å². The lowest BCUT2D eigenvalue weighted by Crippen LogP contribution is -2.37. The van der Waals surface area contributed by atoms with Crippen LogP contribution in [0.15, 0.2) is 47.8 Å². The number of thioether (sulfide) groups is 1. The summed E-state index contributed by atoms with van der Waals surface area (Å²) in [6.45, 7) is 4.16. The predicted molar refractivity (Wildman–Crippen MR) is 120 cm³/mol. The van der Waals surface area contributed by atoms with Crippen LogP contribution in [0.25, 0.3) is 17.2 Å². The molecule has 156 valence electrons. The van der Waals surface area contributed by atoms with Crippen LogP contribution in [0.4, 0.5) is 0 Å². The average molecular weight is 422 g/mol. The highest BCUT2D eigenvalue weighted by molar-refractivity contribution is 7.99. The summed E-state index contributed by atoms with van der Waals surface area (Å²) in [7, 11) is 0. The number of carbonyl (C=O) groups is 1. The van der Waals surface area contributed by atoms with Gasteiger partial charge in [0.15, 0.2) is 11.0 Å². The molecule has 0 aliphatic heterocycles. The number of amides is 1. The Kier molecular flexibility index (Phi) is 6.47. The van der Waals surface area contributed by atoms with Gasteiger partial charge < -0.3 is 5.32 Å². The van der Waals surface area contributed by atoms with Gasteiger partial charge in [0.1, 0.15) is 5.69 Å². The summed E-state index contributed by atoms with van der Waals surface area (Å²) in [6.07, 6.45) is 7.59. The number of rotatable bonds is 6. The molecule has 1 fully saturated rings. The molecule has 0 radical (unpaired) electrons. The Balaban J connectivity index is 1.59. The van der Waals surface area contributed by atoms with Gasteiger partial charge in [-0.2, -0.15) is 0 Å². The summed E-state index contributed by atoms with van der Waals surface area (Å²) in [5, 5.41) is 12.7. The molecule has 2 heterocycles. The smallest absolute Gasteiger partial charge is 0.230 e. The van der Waals surface area contributed by atoms with Crippen LogP contribution in [-0.4, -0.2) is 37.5 Å². The second-order valence-corrected chi connectivity index (χ2v) is 8.78. The summed E-state index contributed by atoms with van der Waals surface area (Å²) in [5.74, 6) is 1.06. The molecule has 1 saturated carbocycles. The first-order valence-electron chi connectivity index (χ1n) is 10.5. The Morgan fingerprint density at radius 2 is 1.97 bits per heavy atom. The van der Waals surface area contributed by atoms with Crippen molar-refractivity contribution in [3.8, 4) is 17.2 Å². The van der Waals surface area contributed by atoms with Crippen LogP contribution in [0.3, 0.4) is 0 Å². The normalized spacial score (nSPS) is 14.6. The van der Waals surface area contributed by atoms with Crippen molar-refractivity contribution in [2.24, 2.45) is 0 Å². The number of nitrogens with zero attached hydrogens (tertiary/aromatic N) is 4. The number of aryl methyl sites for hydroxylation is 2. The van der Waals surface area contributed by atoms with Gasteiger partial charge in [0.05, 0.1) is 11.4 Å². The zero-order valence-electron chi connectivity index (χ0n) is 17.5. The van der Waals surface area contributed by atoms with Crippen molar-refractivity contribution >= 4 is 17.7 Å². The third kappa shape index (κ3) is 4.73. The predicted octanol–water partition coefficient (Wildman–Crippen LogP) is 4.49. The van der Waals surface area contributed by atoms with E-state index in [1.807, 2.05) is 22.8 Å². The molecule has 0 bridgehead atoms. The molecule has 0 saturated heterocycles. The fourth-order valence-corrected chi connectivity index (χ4v) is 4.70. The Labute approximate surface area is 181 Å². The van der Waals surface area contributed by atoms with Crippen LogP contribution < -0.4 is 5.32 Å². The first-order valence-corrected chi connectivity index (χ1v) is 11.5. The Morgan fingerprint density at radius 3 is 2.70 bits per heavy atom. The fraction of sp³-hybridized carbons (Fsp3) is 0.391. The minimum Gasteiger partial charge on any atom is -0.353 e. The lowest BCUT2D eigenvalue weighted by Gasteiger charge is -2.22. The van der Waals surface area contributed by atoms with E-state index in [-0.39, 0.29) is 5.91 Å². The second-order valence-electron chi connectivity index (χ2n) is 7.84. The zero-order valence-corrected chi connectivity index (χ0v) is 18.3. The molecule has 1 aliphatic carbocycles. The van der Waals surface area contributed by atoms with Crippen molar-refractivity contribution in [1.82, 2.24) is 25.1 Å². The Hall–Kier alpha value is -2.67. The highest BCUT2D eigenvalue weighted by atomic mass is 32.2. The topological polar surface area (TPSA) is 72.7 Å². The molecule has 1 aliphatic rings. The van der Waals surface area contributed by atoms with Gasteiger partial charge in [-0.1, -0.05) is 54.8 Å². The average Bonchev–Trinajstić information content (AvgIpc) is 3.17. The molecular weight excluding hydrogens is 394 g/mol. The van der Waals surface area contributed by atoms with E-state index in [1.165, 1.54) is 36.6 Å². The number of carbonyl (C=O) groups excluding carboxylic acids is 1. The molecule has 4 rings (SSSR count). The number of hydrogen-bond donors (Lipinski definition) is 1. The van der Waals surface area contributed by atoms with E-state index in [0.29, 0.717) is 22.8 Å². The van der Waals surface area contributed by atoms with Crippen molar-refractivity contribution in [2.75, 3.05) is 5.75 Å². The van der Waals surface area contributed by atoms with Crippen molar-refractivity contribution in [1.29, 1.82) is 0 Å². The number of pyridine rings is 1. The molecule has 0 atom stereocenters. The van der Waals surface area contributed by atoms with Gasteiger partial charge in [0.25, 0.3) is 0 Å². The zero-order chi connectivity index (χ0) is 20.9. The van der Waals surface area contributed by atoms with Crippen LogP contribution in [0.5, 0.6) is 0 Å². The summed E-state index contributed by atoms with van der Waals surface area (Å²) in [5.41, 5.74) is 4.08. The van der Waals surface area contributed by atoms with E-state index < -0.39 is 0 Å². The van der Waals surface area contributed by atoms with Crippen LogP contribution in [-0.2, 0) is 4.79 Å². The monoisotopic (exact) mass is 421 g/mol. The molecule has 1 N–H and O–H groups in total. The lowest BCUT2D eigenvalue weighted by atomic mass is 9.95. The largest absolute Gasteiger partial charge is 0.353 e. The summed E-state index contributed by atoms with van der Waals surface area (Å²) in [4.78, 5) is 17.0. The van der Waals surface area contributed by atoms with Crippen LogP contribution in [0, 0.1) is 13.8 Å². The van der Waals surface area contributed by atoms with Crippen molar-refractivity contribution in [2.45, 2.75) is 57.1 Å². The summed E-state index contributed by atoms with van der Waals surface area (Å²) in [6, 6.07) is 12.4. The van der Waals surface area contributed by atoms with E-state index in [4.69, 9.17) is 0 Å². The van der Waals surface area contributed by atoms with Gasteiger partial charge in [-0.15, -0.1) is 10.2 Å². The maximum atomic E-state index is 12.5. The lowest BCUT2D eigenvalue weighted by molar-refractivity contribution is -0.119. The van der Waals surface area contributed by atoms with Crippen LogP contribution >= 0.6 is 11.8 Å². The first kappa shape index (κ1) is 20.6. The van der Waals surface area contributed by atoms with E-state index in [9.17, 15) is 4.79 Å². The Morgan fingerprint density at radius 1 is 1.13 bits per heavy atom. The third-order valence-corrected chi connectivity index (χ3v) is 6.35. The van der Waals surface area contributed by atoms with E-state index in [0.717, 1.165) is 29.8 Å². The molecule has 1 aromatic carbocycles. The molecule has 7 heteroatoms. The van der Waals surface area contributed by atoms with E-state index in [2.05, 4.69) is 52.5 Å². The third-order valence-electron chi connectivity index (χ3n) is 5.42. The molecule has 2 aromatic heterocycles. The minimum absolute atomic E-state index is 0.0569. The highest BCUT2D eigenvalue weighted by Crippen LogP contribution is 2.29. The maximum absolute atomic E-state index is 12.5. The first-order chi connectivity index (χ1) is 14.6. The number of hydrogen-bond acceptors (Lipinski definition) is 5. The molecule has 6 nitrogen and oxygen atoms in total. The minimum atomic E-state index is 0.0569. The van der Waals surface area contributed by atoms with Gasteiger partial charge in [0, 0.05) is 12.2 Å². The summed E-state index contributed by atoms with van der Waals surface area (Å²) < 4.78 is 2.01. The van der Waals surface area contributed by atoms with Gasteiger partial charge in [-0.3, -0.25) is 14.3 Å². The standard InChI is InChI=1S/C23H27N5OS/c1-16-11-12-20(17(2)14-16)28-22(19-10-6-7-13-24-19)26-27-23(28)30-15-21(29)25-18-8-4-3-5-9-18/h6-7,10-14,18H,3-5,8-9,15H2,1-2H3,(H,25,29). The maximum Gasteiger partial charge on any atom is 0.230 e. The van der Waals surface area contributed by atoms with Crippen LogP contribution in [0.2, 0.25) is 0 Å². The van der Waals surface area contributed by atoms with E-state index in [1.54, 1.807) is 6.20 Å². The van der Waals surface area contributed by atoms with Crippen molar-refractivity contribution in [3.05, 3.63) is 53.7 Å². The van der Waals surface area contributed by atoms with Gasteiger partial charge >= 0.3 is 0 Å². The highest BCUT2D eigenvalue weighted by Gasteiger charge is 2.20. The van der Waals surface area contributed by atoms with Gasteiger partial charge in [-0.05, 0) is 50.5 Å². The summed E-state index contributed by atoms with van der Waals surface area (Å²) >= 11 is 1.42. The quantitative estimate of drug-likeness (QED) is 0.594. The fourth-order valence-electron chi connectivity index (χ4n) is 3.94. The molecule has 0 spiro atoms. The van der Waals surface area contributed by atoms with Gasteiger partial charge in [0.2, 0.25) is 5.91 Å². The van der Waals surface area contributed by atoms with E-state index >= 15 is 0 Å². The van der Waals surface area contributed by atoms with Gasteiger partial charge in [-0.25, -0.2) is 0 Å². The number of aromatic nitrogens is 4. The molecule has 1 amide bonds. The Bertz CT molecular complexity index is 1010. The molecular formula is C23H27N5OS. The second kappa shape index (κ2) is 9.43. The molecule has 3 aromatic rings.